The number of hydrogen-bond donors (Lipinski definition) is 0. The van der Waals surface area contributed by atoms with E-state index in [1.165, 1.54) is 6.42 Å². The van der Waals surface area contributed by atoms with E-state index in [0.717, 1.165) is 25.3 Å². The third-order valence-corrected chi connectivity index (χ3v) is 3.41. The number of nitrogens with zero attached hydrogens (tertiary/aromatic N) is 2. The Morgan fingerprint density at radius 2 is 2.44 bits per heavy atom. The second-order valence-electron chi connectivity index (χ2n) is 4.06. The van der Waals surface area contributed by atoms with Gasteiger partial charge in [-0.2, -0.15) is 0 Å². The van der Waals surface area contributed by atoms with Crippen molar-refractivity contribution in [3.63, 3.8) is 0 Å². The molecule has 0 saturated carbocycles. The van der Waals surface area contributed by atoms with Gasteiger partial charge in [-0.3, -0.25) is 9.36 Å². The van der Waals surface area contributed by atoms with E-state index in [4.69, 9.17) is 4.74 Å². The van der Waals surface area contributed by atoms with Crippen molar-refractivity contribution in [1.29, 1.82) is 0 Å². The van der Waals surface area contributed by atoms with Crippen molar-refractivity contribution in [3.05, 3.63) is 26.8 Å². The van der Waals surface area contributed by atoms with Crippen molar-refractivity contribution in [1.82, 2.24) is 9.55 Å². The molecule has 0 radical (unpaired) electrons. The molecule has 1 aromatic rings. The number of hydrogen-bond acceptors (Lipinski definition) is 3. The maximum absolute atomic E-state index is 11.9. The Hall–Kier alpha value is -0.680. The first-order valence-corrected chi connectivity index (χ1v) is 6.31. The summed E-state index contributed by atoms with van der Waals surface area (Å²) in [6.45, 7) is 3.26. The minimum absolute atomic E-state index is 0.0262. The molecule has 1 atom stereocenters. The summed E-state index contributed by atoms with van der Waals surface area (Å²) in [5, 5.41) is 0. The Labute approximate surface area is 103 Å². The van der Waals surface area contributed by atoms with Crippen molar-refractivity contribution < 1.29 is 4.74 Å². The van der Waals surface area contributed by atoms with Gasteiger partial charge in [0.05, 0.1) is 12.6 Å². The number of ether oxygens (including phenoxy) is 1. The van der Waals surface area contributed by atoms with Crippen LogP contribution in [0.5, 0.6) is 0 Å². The molecule has 2 heterocycles. The van der Waals surface area contributed by atoms with Crippen molar-refractivity contribution in [2.75, 3.05) is 6.61 Å². The first kappa shape index (κ1) is 11.8. The number of aryl methyl sites for hydroxylation is 1. The SMILES string of the molecule is Cc1ncc(Br)c(=O)n1CC1CCCCO1. The van der Waals surface area contributed by atoms with Crippen LogP contribution in [0.4, 0.5) is 0 Å². The lowest BCUT2D eigenvalue weighted by Gasteiger charge is -2.23. The van der Waals surface area contributed by atoms with Gasteiger partial charge in [0.2, 0.25) is 0 Å². The molecule has 1 fully saturated rings. The van der Waals surface area contributed by atoms with Crippen LogP contribution in [0.2, 0.25) is 0 Å². The third-order valence-electron chi connectivity index (χ3n) is 2.87. The third kappa shape index (κ3) is 2.52. The monoisotopic (exact) mass is 286 g/mol. The predicted molar refractivity (Wildman–Crippen MR) is 64.5 cm³/mol. The van der Waals surface area contributed by atoms with E-state index in [0.29, 0.717) is 11.0 Å². The van der Waals surface area contributed by atoms with Crippen molar-refractivity contribution in [2.45, 2.75) is 38.8 Å². The fraction of sp³-hybridized carbons (Fsp3) is 0.636. The van der Waals surface area contributed by atoms with Gasteiger partial charge in [0, 0.05) is 12.8 Å². The van der Waals surface area contributed by atoms with Crippen molar-refractivity contribution >= 4 is 15.9 Å². The first-order valence-electron chi connectivity index (χ1n) is 5.52. The summed E-state index contributed by atoms with van der Waals surface area (Å²) in [5.41, 5.74) is -0.0262. The fourth-order valence-corrected chi connectivity index (χ4v) is 2.24. The Morgan fingerprint density at radius 1 is 1.62 bits per heavy atom. The smallest absolute Gasteiger partial charge is 0.267 e. The van der Waals surface area contributed by atoms with Gasteiger partial charge in [-0.25, -0.2) is 4.98 Å². The molecule has 1 aromatic heterocycles. The zero-order valence-corrected chi connectivity index (χ0v) is 10.9. The molecule has 0 spiro atoms. The van der Waals surface area contributed by atoms with E-state index < -0.39 is 0 Å². The van der Waals surface area contributed by atoms with Gasteiger partial charge in [0.25, 0.3) is 5.56 Å². The van der Waals surface area contributed by atoms with E-state index >= 15 is 0 Å². The van der Waals surface area contributed by atoms with Crippen LogP contribution in [0, 0.1) is 6.92 Å². The molecule has 0 N–H and O–H groups in total. The average Bonchev–Trinajstić information content (AvgIpc) is 2.31. The quantitative estimate of drug-likeness (QED) is 0.834. The minimum atomic E-state index is -0.0262. The second kappa shape index (κ2) is 5.10. The van der Waals surface area contributed by atoms with Crippen LogP contribution in [0.1, 0.15) is 25.1 Å². The molecule has 0 amide bonds. The first-order chi connectivity index (χ1) is 7.68. The Kier molecular flexibility index (Phi) is 3.76. The summed E-state index contributed by atoms with van der Waals surface area (Å²) in [4.78, 5) is 16.0. The lowest BCUT2D eigenvalue weighted by molar-refractivity contribution is 0.00486. The van der Waals surface area contributed by atoms with Crippen LogP contribution in [0.25, 0.3) is 0 Å². The number of rotatable bonds is 2. The molecule has 0 aliphatic carbocycles. The fourth-order valence-electron chi connectivity index (χ4n) is 1.92. The molecule has 1 aliphatic heterocycles. The van der Waals surface area contributed by atoms with Crippen LogP contribution in [-0.2, 0) is 11.3 Å². The van der Waals surface area contributed by atoms with Gasteiger partial charge >= 0.3 is 0 Å². The Bertz CT molecular complexity index is 424. The van der Waals surface area contributed by atoms with Crippen LogP contribution in [0.15, 0.2) is 15.5 Å². The van der Waals surface area contributed by atoms with E-state index in [9.17, 15) is 4.79 Å². The summed E-state index contributed by atoms with van der Waals surface area (Å²) in [7, 11) is 0. The van der Waals surface area contributed by atoms with Gasteiger partial charge in [-0.15, -0.1) is 0 Å². The van der Waals surface area contributed by atoms with Gasteiger partial charge in [-0.1, -0.05) is 0 Å². The maximum atomic E-state index is 11.9. The summed E-state index contributed by atoms with van der Waals surface area (Å²) in [6.07, 6.45) is 5.04. The normalized spacial score (nSPS) is 21.0. The van der Waals surface area contributed by atoms with E-state index in [-0.39, 0.29) is 11.7 Å². The average molecular weight is 287 g/mol. The highest BCUT2D eigenvalue weighted by atomic mass is 79.9. The summed E-state index contributed by atoms with van der Waals surface area (Å²) >= 11 is 3.21. The van der Waals surface area contributed by atoms with Gasteiger partial charge in [0.15, 0.2) is 0 Å². The molecule has 5 heteroatoms. The lowest BCUT2D eigenvalue weighted by Crippen LogP contribution is -2.32. The largest absolute Gasteiger partial charge is 0.376 e. The van der Waals surface area contributed by atoms with Crippen LogP contribution in [-0.4, -0.2) is 22.3 Å². The van der Waals surface area contributed by atoms with E-state index in [1.807, 2.05) is 6.92 Å². The van der Waals surface area contributed by atoms with Crippen molar-refractivity contribution in [3.8, 4) is 0 Å². The minimum Gasteiger partial charge on any atom is -0.376 e. The molecule has 0 bridgehead atoms. The van der Waals surface area contributed by atoms with Crippen molar-refractivity contribution in [2.24, 2.45) is 0 Å². The lowest BCUT2D eigenvalue weighted by atomic mass is 10.1. The van der Waals surface area contributed by atoms with Crippen LogP contribution in [0.3, 0.4) is 0 Å². The van der Waals surface area contributed by atoms with E-state index in [1.54, 1.807) is 10.8 Å². The predicted octanol–water partition coefficient (Wildman–Crippen LogP) is 1.88. The Balaban J connectivity index is 2.20. The second-order valence-corrected chi connectivity index (χ2v) is 4.91. The molecule has 1 aliphatic rings. The zero-order chi connectivity index (χ0) is 11.5. The molecule has 16 heavy (non-hydrogen) atoms. The number of aromatic nitrogens is 2. The summed E-state index contributed by atoms with van der Waals surface area (Å²) in [6, 6.07) is 0. The molecular weight excluding hydrogens is 272 g/mol. The molecule has 0 aromatic carbocycles. The molecule has 88 valence electrons. The zero-order valence-electron chi connectivity index (χ0n) is 9.28. The molecule has 4 nitrogen and oxygen atoms in total. The summed E-state index contributed by atoms with van der Waals surface area (Å²) in [5.74, 6) is 0.738. The topological polar surface area (TPSA) is 44.1 Å². The van der Waals surface area contributed by atoms with Gasteiger partial charge in [-0.05, 0) is 42.1 Å². The van der Waals surface area contributed by atoms with Gasteiger partial charge < -0.3 is 4.74 Å². The van der Waals surface area contributed by atoms with E-state index in [2.05, 4.69) is 20.9 Å². The molecule has 1 unspecified atom stereocenters. The highest BCUT2D eigenvalue weighted by molar-refractivity contribution is 9.10. The molecular formula is C11H15BrN2O2. The maximum Gasteiger partial charge on any atom is 0.267 e. The highest BCUT2D eigenvalue weighted by Gasteiger charge is 2.16. The highest BCUT2D eigenvalue weighted by Crippen LogP contribution is 2.14. The molecule has 2 rings (SSSR count). The summed E-state index contributed by atoms with van der Waals surface area (Å²) < 4.78 is 7.82. The Morgan fingerprint density at radius 3 is 3.12 bits per heavy atom. The van der Waals surface area contributed by atoms with Crippen LogP contribution < -0.4 is 5.56 Å². The van der Waals surface area contributed by atoms with Gasteiger partial charge in [0.1, 0.15) is 10.3 Å². The standard InChI is InChI=1S/C11H15BrN2O2/c1-8-13-6-10(12)11(15)14(8)7-9-4-2-3-5-16-9/h6,9H,2-5,7H2,1H3. The molecule has 1 saturated heterocycles. The number of halogens is 1. The van der Waals surface area contributed by atoms with Crippen LogP contribution >= 0.6 is 15.9 Å².